The van der Waals surface area contributed by atoms with Crippen LogP contribution in [0.4, 0.5) is 0 Å². The van der Waals surface area contributed by atoms with E-state index >= 15 is 0 Å². The van der Waals surface area contributed by atoms with Gasteiger partial charge in [-0.1, -0.05) is 20.3 Å². The normalized spacial score (nSPS) is 17.2. The van der Waals surface area contributed by atoms with Gasteiger partial charge >= 0.3 is 0 Å². The predicted molar refractivity (Wildman–Crippen MR) is 85.2 cm³/mol. The second-order valence-electron chi connectivity index (χ2n) is 5.76. The molecular weight excluding hydrogens is 268 g/mol. The first-order valence-corrected chi connectivity index (χ1v) is 8.56. The van der Waals surface area contributed by atoms with Crippen molar-refractivity contribution in [3.05, 3.63) is 21.9 Å². The summed E-state index contributed by atoms with van der Waals surface area (Å²) in [6.07, 6.45) is 4.10. The van der Waals surface area contributed by atoms with Gasteiger partial charge in [-0.2, -0.15) is 0 Å². The lowest BCUT2D eigenvalue weighted by Gasteiger charge is -2.28. The smallest absolute Gasteiger partial charge is 0.222 e. The number of hydrogen-bond acceptors (Lipinski definition) is 3. The fourth-order valence-corrected chi connectivity index (χ4v) is 3.95. The number of nitrogens with one attached hydrogen (secondary N) is 1. The molecule has 0 aliphatic carbocycles. The molecule has 112 valence electrons. The highest BCUT2D eigenvalue weighted by molar-refractivity contribution is 7.11. The van der Waals surface area contributed by atoms with Crippen molar-refractivity contribution in [3.63, 3.8) is 0 Å². The van der Waals surface area contributed by atoms with E-state index in [9.17, 15) is 4.79 Å². The van der Waals surface area contributed by atoms with Crippen LogP contribution in [0.1, 0.15) is 36.4 Å². The molecule has 1 N–H and O–H groups in total. The van der Waals surface area contributed by atoms with Crippen LogP contribution in [0.5, 0.6) is 0 Å². The monoisotopic (exact) mass is 294 g/mol. The minimum Gasteiger partial charge on any atom is -0.340 e. The second kappa shape index (κ2) is 7.79. The Bertz CT molecular complexity index is 424. The average Bonchev–Trinajstić information content (AvgIpc) is 2.87. The van der Waals surface area contributed by atoms with Crippen LogP contribution < -0.4 is 5.32 Å². The van der Waals surface area contributed by atoms with Crippen LogP contribution in [0, 0.1) is 5.92 Å². The third-order valence-corrected chi connectivity index (χ3v) is 4.92. The molecule has 0 radical (unpaired) electrons. The lowest BCUT2D eigenvalue weighted by Crippen LogP contribution is -2.46. The molecule has 20 heavy (non-hydrogen) atoms. The molecular formula is C16H26N2OS. The standard InChI is InChI=1S/C16H26N2OS/c1-3-4-14-5-6-15(20-14)11-13(2)12-16(19)18-9-7-17-8-10-18/h5-6,13,17H,3-4,7-12H2,1-2H3. The van der Waals surface area contributed by atoms with Crippen molar-refractivity contribution in [1.82, 2.24) is 10.2 Å². The van der Waals surface area contributed by atoms with Crippen molar-refractivity contribution in [1.29, 1.82) is 0 Å². The molecule has 2 heterocycles. The molecule has 1 unspecified atom stereocenters. The Balaban J connectivity index is 1.78. The fourth-order valence-electron chi connectivity index (χ4n) is 2.67. The first kappa shape index (κ1) is 15.5. The number of hydrogen-bond donors (Lipinski definition) is 1. The zero-order valence-corrected chi connectivity index (χ0v) is 13.5. The maximum atomic E-state index is 12.2. The topological polar surface area (TPSA) is 32.3 Å². The molecule has 0 bridgehead atoms. The number of carbonyl (C=O) groups excluding carboxylic acids is 1. The van der Waals surface area contributed by atoms with E-state index in [0.717, 1.165) is 32.6 Å². The van der Waals surface area contributed by atoms with Gasteiger partial charge in [-0.3, -0.25) is 4.79 Å². The highest BCUT2D eigenvalue weighted by Gasteiger charge is 2.18. The summed E-state index contributed by atoms with van der Waals surface area (Å²) in [4.78, 5) is 17.1. The summed E-state index contributed by atoms with van der Waals surface area (Å²) in [5, 5.41) is 3.29. The van der Waals surface area contributed by atoms with Crippen LogP contribution in [-0.4, -0.2) is 37.0 Å². The van der Waals surface area contributed by atoms with E-state index in [0.29, 0.717) is 18.2 Å². The maximum absolute atomic E-state index is 12.2. The highest BCUT2D eigenvalue weighted by atomic mass is 32.1. The van der Waals surface area contributed by atoms with Gasteiger partial charge in [0.15, 0.2) is 0 Å². The number of thiophene rings is 1. The van der Waals surface area contributed by atoms with Gasteiger partial charge in [0, 0.05) is 42.4 Å². The van der Waals surface area contributed by atoms with E-state index in [1.165, 1.54) is 22.6 Å². The summed E-state index contributed by atoms with van der Waals surface area (Å²) in [5.74, 6) is 0.759. The molecule has 1 saturated heterocycles. The molecule has 1 aliphatic heterocycles. The summed E-state index contributed by atoms with van der Waals surface area (Å²) >= 11 is 1.91. The third kappa shape index (κ3) is 4.60. The number of amides is 1. The summed E-state index contributed by atoms with van der Waals surface area (Å²) in [6, 6.07) is 4.48. The molecule has 0 saturated carbocycles. The minimum absolute atomic E-state index is 0.323. The molecule has 1 aromatic rings. The molecule has 0 aromatic carbocycles. The van der Waals surface area contributed by atoms with E-state index in [-0.39, 0.29) is 0 Å². The van der Waals surface area contributed by atoms with Crippen molar-refractivity contribution in [2.24, 2.45) is 5.92 Å². The summed E-state index contributed by atoms with van der Waals surface area (Å²) < 4.78 is 0. The molecule has 1 atom stereocenters. The zero-order chi connectivity index (χ0) is 14.4. The molecule has 3 nitrogen and oxygen atoms in total. The van der Waals surface area contributed by atoms with Crippen molar-refractivity contribution >= 4 is 17.2 Å². The van der Waals surface area contributed by atoms with E-state index < -0.39 is 0 Å². The van der Waals surface area contributed by atoms with E-state index in [4.69, 9.17) is 0 Å². The van der Waals surface area contributed by atoms with Gasteiger partial charge < -0.3 is 10.2 Å². The molecule has 0 spiro atoms. The SMILES string of the molecule is CCCc1ccc(CC(C)CC(=O)N2CCNCC2)s1. The highest BCUT2D eigenvalue weighted by Crippen LogP contribution is 2.22. The van der Waals surface area contributed by atoms with Gasteiger partial charge in [0.25, 0.3) is 0 Å². The van der Waals surface area contributed by atoms with Crippen LogP contribution in [0.15, 0.2) is 12.1 Å². The molecule has 1 fully saturated rings. The van der Waals surface area contributed by atoms with Gasteiger partial charge in [-0.25, -0.2) is 0 Å². The Hall–Kier alpha value is -0.870. The Morgan fingerprint density at radius 2 is 2.05 bits per heavy atom. The Morgan fingerprint density at radius 3 is 2.75 bits per heavy atom. The first-order chi connectivity index (χ1) is 9.69. The largest absolute Gasteiger partial charge is 0.340 e. The van der Waals surface area contributed by atoms with Gasteiger partial charge in [0.2, 0.25) is 5.91 Å². The third-order valence-electron chi connectivity index (χ3n) is 3.76. The number of nitrogens with zero attached hydrogens (tertiary/aromatic N) is 1. The van der Waals surface area contributed by atoms with Crippen molar-refractivity contribution in [3.8, 4) is 0 Å². The van der Waals surface area contributed by atoms with Crippen molar-refractivity contribution in [2.45, 2.75) is 39.5 Å². The van der Waals surface area contributed by atoms with Crippen LogP contribution >= 0.6 is 11.3 Å². The van der Waals surface area contributed by atoms with Crippen LogP contribution in [-0.2, 0) is 17.6 Å². The maximum Gasteiger partial charge on any atom is 0.222 e. The lowest BCUT2D eigenvalue weighted by atomic mass is 10.0. The molecule has 1 aliphatic rings. The minimum atomic E-state index is 0.323. The van der Waals surface area contributed by atoms with Crippen molar-refractivity contribution < 1.29 is 4.79 Å². The van der Waals surface area contributed by atoms with Crippen LogP contribution in [0.3, 0.4) is 0 Å². The number of piperazine rings is 1. The zero-order valence-electron chi connectivity index (χ0n) is 12.7. The number of rotatable bonds is 6. The Labute approximate surface area is 126 Å². The Kier molecular flexibility index (Phi) is 6.05. The molecule has 2 rings (SSSR count). The van der Waals surface area contributed by atoms with Gasteiger partial charge in [0.05, 0.1) is 0 Å². The van der Waals surface area contributed by atoms with Crippen molar-refractivity contribution in [2.75, 3.05) is 26.2 Å². The average molecular weight is 294 g/mol. The summed E-state index contributed by atoms with van der Waals surface area (Å²) in [6.45, 7) is 8.01. The first-order valence-electron chi connectivity index (χ1n) is 7.75. The quantitative estimate of drug-likeness (QED) is 0.875. The summed E-state index contributed by atoms with van der Waals surface area (Å²) in [7, 11) is 0. The van der Waals surface area contributed by atoms with Crippen LogP contribution in [0.2, 0.25) is 0 Å². The van der Waals surface area contributed by atoms with E-state index in [1.54, 1.807) is 0 Å². The van der Waals surface area contributed by atoms with Crippen LogP contribution in [0.25, 0.3) is 0 Å². The van der Waals surface area contributed by atoms with Gasteiger partial charge in [-0.05, 0) is 30.9 Å². The summed E-state index contributed by atoms with van der Waals surface area (Å²) in [5.41, 5.74) is 0. The lowest BCUT2D eigenvalue weighted by molar-refractivity contribution is -0.132. The number of aryl methyl sites for hydroxylation is 1. The predicted octanol–water partition coefficient (Wildman–Crippen LogP) is 2.70. The van der Waals surface area contributed by atoms with Gasteiger partial charge in [0.1, 0.15) is 0 Å². The van der Waals surface area contributed by atoms with E-state index in [2.05, 4.69) is 31.3 Å². The molecule has 4 heteroatoms. The molecule has 1 aromatic heterocycles. The van der Waals surface area contributed by atoms with E-state index in [1.807, 2.05) is 16.2 Å². The Morgan fingerprint density at radius 1 is 1.35 bits per heavy atom. The van der Waals surface area contributed by atoms with Gasteiger partial charge in [-0.15, -0.1) is 11.3 Å². The second-order valence-corrected chi connectivity index (χ2v) is 7.02. The molecule has 1 amide bonds. The fraction of sp³-hybridized carbons (Fsp3) is 0.688. The number of carbonyl (C=O) groups is 1.